The summed E-state index contributed by atoms with van der Waals surface area (Å²) in [5, 5.41) is 11.8. The van der Waals surface area contributed by atoms with Crippen molar-refractivity contribution in [2.75, 3.05) is 13.2 Å². The van der Waals surface area contributed by atoms with Gasteiger partial charge in [-0.1, -0.05) is 94.5 Å². The fourth-order valence-electron chi connectivity index (χ4n) is 4.70. The maximum Gasteiger partial charge on any atom is 0.308 e. The number of nitrogens with zero attached hydrogens (tertiary/aromatic N) is 1. The maximum atomic E-state index is 13.9. The molecule has 6 nitrogen and oxygen atoms in total. The van der Waals surface area contributed by atoms with Crippen LogP contribution in [0.2, 0.25) is 0 Å². The van der Waals surface area contributed by atoms with Crippen LogP contribution in [0.5, 0.6) is 0 Å². The molecule has 0 saturated carbocycles. The lowest BCUT2D eigenvalue weighted by molar-refractivity contribution is -0.145. The molecule has 1 aliphatic carbocycles. The van der Waals surface area contributed by atoms with Gasteiger partial charge in [-0.15, -0.1) is 0 Å². The van der Waals surface area contributed by atoms with E-state index in [1.54, 1.807) is 13.8 Å². The Kier molecular flexibility index (Phi) is 23.0. The number of ether oxygens (including phenoxy) is 1. The second-order valence-corrected chi connectivity index (χ2v) is 11.0. The Morgan fingerprint density at radius 3 is 2.28 bits per heavy atom. The van der Waals surface area contributed by atoms with E-state index in [0.29, 0.717) is 19.6 Å². The lowest BCUT2D eigenvalue weighted by atomic mass is 9.95. The molecule has 260 valence electrons. The number of amides is 1. The van der Waals surface area contributed by atoms with Crippen molar-refractivity contribution < 1.29 is 23.8 Å². The Hall–Kier alpha value is -3.97. The Morgan fingerprint density at radius 1 is 1.09 bits per heavy atom. The molecule has 0 aliphatic heterocycles. The van der Waals surface area contributed by atoms with Crippen LogP contribution in [0.25, 0.3) is 0 Å². The first kappa shape index (κ1) is 43.0. The number of hydrogen-bond donors (Lipinski definition) is 2. The zero-order valence-corrected chi connectivity index (χ0v) is 30.4. The zero-order chi connectivity index (χ0) is 35.8. The summed E-state index contributed by atoms with van der Waals surface area (Å²) in [5.41, 5.74) is 5.64. The summed E-state index contributed by atoms with van der Waals surface area (Å²) in [6.07, 6.45) is 19.2. The fraction of sp³-hybridized carbons (Fsp3) is 0.450. The van der Waals surface area contributed by atoms with Gasteiger partial charge >= 0.3 is 5.97 Å². The van der Waals surface area contributed by atoms with E-state index in [9.17, 15) is 14.0 Å². The first-order valence-corrected chi connectivity index (χ1v) is 16.8. The zero-order valence-electron chi connectivity index (χ0n) is 30.4. The summed E-state index contributed by atoms with van der Waals surface area (Å²) >= 11 is 0. The fourth-order valence-corrected chi connectivity index (χ4v) is 4.70. The van der Waals surface area contributed by atoms with Crippen molar-refractivity contribution in [3.8, 4) is 0 Å². The monoisotopic (exact) mass is 650 g/mol. The molecule has 2 N–H and O–H groups in total. The van der Waals surface area contributed by atoms with Crippen molar-refractivity contribution in [3.63, 3.8) is 0 Å². The first-order valence-electron chi connectivity index (χ1n) is 16.8. The second kappa shape index (κ2) is 25.2. The highest BCUT2D eigenvalue weighted by Crippen LogP contribution is 2.28. The number of hydrogen-bond acceptors (Lipinski definition) is 5. The van der Waals surface area contributed by atoms with Crippen LogP contribution in [-0.2, 0) is 20.9 Å². The molecule has 0 fully saturated rings. The standard InChI is InChI=1S/C32H41FN2O.C6H12O3.C2H6/c1-7-10-15-25(6)30(8-2)34-32(36)29(22-26-16-13-11-12-14-17-26)31(24(4)5)35(9-3)23-27-18-20-28(33)21-19-27;1-3-9-6(8)4-5(2)7;1-2/h7-8,10-11,13-21,24H,9,12,22-23H2,1-6H3,(H,34,36);5,7H,3-4H2,1-2H3;1-2H3/b10-7-,25-15-,30-8+,31-29+;;. The van der Waals surface area contributed by atoms with Crippen molar-refractivity contribution in [1.82, 2.24) is 10.2 Å². The molecule has 0 saturated heterocycles. The van der Waals surface area contributed by atoms with Crippen LogP contribution >= 0.6 is 0 Å². The number of aliphatic hydroxyl groups excluding tert-OH is 1. The highest BCUT2D eigenvalue weighted by atomic mass is 19.1. The molecular formula is C40H59FN2O4. The number of nitrogens with one attached hydrogen (secondary N) is 1. The summed E-state index contributed by atoms with van der Waals surface area (Å²) < 4.78 is 18.1. The van der Waals surface area contributed by atoms with Crippen molar-refractivity contribution in [2.24, 2.45) is 5.92 Å². The van der Waals surface area contributed by atoms with E-state index in [4.69, 9.17) is 5.11 Å². The largest absolute Gasteiger partial charge is 0.466 e. The van der Waals surface area contributed by atoms with Gasteiger partial charge in [-0.05, 0) is 82.7 Å². The predicted molar refractivity (Wildman–Crippen MR) is 195 cm³/mol. The molecule has 7 heteroatoms. The van der Waals surface area contributed by atoms with Crippen LogP contribution in [0.3, 0.4) is 0 Å². The number of allylic oxidation sites excluding steroid dienone is 12. The van der Waals surface area contributed by atoms with Gasteiger partial charge in [0.05, 0.1) is 19.1 Å². The highest BCUT2D eigenvalue weighted by molar-refractivity contribution is 5.96. The number of benzene rings is 1. The number of aliphatic hydroxyl groups is 1. The van der Waals surface area contributed by atoms with Gasteiger partial charge in [0.25, 0.3) is 5.91 Å². The summed E-state index contributed by atoms with van der Waals surface area (Å²) in [7, 11) is 0. The van der Waals surface area contributed by atoms with E-state index in [1.165, 1.54) is 12.1 Å². The quantitative estimate of drug-likeness (QED) is 0.119. The van der Waals surface area contributed by atoms with Crippen molar-refractivity contribution in [2.45, 2.75) is 101 Å². The van der Waals surface area contributed by atoms with Gasteiger partial charge in [0.1, 0.15) is 5.82 Å². The molecule has 1 aromatic rings. The minimum Gasteiger partial charge on any atom is -0.466 e. The van der Waals surface area contributed by atoms with E-state index < -0.39 is 6.10 Å². The maximum absolute atomic E-state index is 13.9. The second-order valence-electron chi connectivity index (χ2n) is 11.0. The van der Waals surface area contributed by atoms with E-state index in [2.05, 4.69) is 66.1 Å². The minimum absolute atomic E-state index is 0.0911. The molecule has 1 amide bonds. The number of carbonyl (C=O) groups is 2. The number of halogens is 1. The first-order chi connectivity index (χ1) is 22.5. The Morgan fingerprint density at radius 2 is 1.74 bits per heavy atom. The lowest BCUT2D eigenvalue weighted by Crippen LogP contribution is -2.33. The van der Waals surface area contributed by atoms with Crippen LogP contribution in [0.4, 0.5) is 4.39 Å². The molecule has 0 radical (unpaired) electrons. The predicted octanol–water partition coefficient (Wildman–Crippen LogP) is 9.28. The van der Waals surface area contributed by atoms with E-state index >= 15 is 0 Å². The summed E-state index contributed by atoms with van der Waals surface area (Å²) in [5.74, 6) is -0.569. The molecule has 1 unspecified atom stereocenters. The molecule has 1 atom stereocenters. The summed E-state index contributed by atoms with van der Waals surface area (Å²) in [6, 6.07) is 6.59. The van der Waals surface area contributed by atoms with Crippen LogP contribution < -0.4 is 5.32 Å². The van der Waals surface area contributed by atoms with Crippen LogP contribution in [0.15, 0.2) is 107 Å². The van der Waals surface area contributed by atoms with Gasteiger partial charge in [-0.3, -0.25) is 9.59 Å². The average Bonchev–Trinajstić information content (AvgIpc) is 3.32. The van der Waals surface area contributed by atoms with Gasteiger partial charge in [0, 0.05) is 36.5 Å². The topological polar surface area (TPSA) is 78.9 Å². The van der Waals surface area contributed by atoms with E-state index in [0.717, 1.165) is 46.6 Å². The summed E-state index contributed by atoms with van der Waals surface area (Å²) in [6.45, 7) is 21.2. The van der Waals surface area contributed by atoms with Gasteiger partial charge in [0.15, 0.2) is 0 Å². The number of esters is 1. The Bertz CT molecular complexity index is 1300. The molecule has 0 bridgehead atoms. The van der Waals surface area contributed by atoms with Crippen molar-refractivity contribution in [3.05, 3.63) is 118 Å². The SMILES string of the molecule is CC.CCOC(=O)CC(C)O.C\C=C/C=C(C)\C(=C/C)NC(=O)/C(CC1=CC=CCC=C1)=C(\C(C)C)N(CC)Cc1ccc(F)cc1. The van der Waals surface area contributed by atoms with Crippen molar-refractivity contribution >= 4 is 11.9 Å². The molecule has 0 spiro atoms. The Labute approximate surface area is 284 Å². The van der Waals surface area contributed by atoms with Crippen molar-refractivity contribution in [1.29, 1.82) is 0 Å². The third-order valence-electron chi connectivity index (χ3n) is 6.84. The molecule has 0 aromatic heterocycles. The molecule has 47 heavy (non-hydrogen) atoms. The van der Waals surface area contributed by atoms with Crippen LogP contribution in [0.1, 0.15) is 94.1 Å². The van der Waals surface area contributed by atoms with Gasteiger partial charge in [0.2, 0.25) is 0 Å². The average molecular weight is 651 g/mol. The van der Waals surface area contributed by atoms with E-state index in [1.807, 2.05) is 71.1 Å². The van der Waals surface area contributed by atoms with Gasteiger partial charge in [-0.25, -0.2) is 4.39 Å². The number of carbonyl (C=O) groups excluding carboxylic acids is 2. The molecule has 0 heterocycles. The van der Waals surface area contributed by atoms with Gasteiger partial charge in [-0.2, -0.15) is 0 Å². The molecular weight excluding hydrogens is 591 g/mol. The molecule has 2 rings (SSSR count). The highest BCUT2D eigenvalue weighted by Gasteiger charge is 2.24. The summed E-state index contributed by atoms with van der Waals surface area (Å²) in [4.78, 5) is 26.6. The van der Waals surface area contributed by atoms with Crippen LogP contribution in [0, 0.1) is 11.7 Å². The Balaban J connectivity index is 0.00000165. The third-order valence-corrected chi connectivity index (χ3v) is 6.84. The molecule has 1 aromatic carbocycles. The third kappa shape index (κ3) is 17.5. The normalized spacial score (nSPS) is 14.2. The van der Waals surface area contributed by atoms with Crippen LogP contribution in [-0.4, -0.2) is 41.1 Å². The molecule has 1 aliphatic rings. The minimum atomic E-state index is -0.593. The lowest BCUT2D eigenvalue weighted by Gasteiger charge is -2.32. The smallest absolute Gasteiger partial charge is 0.308 e. The number of rotatable bonds is 14. The van der Waals surface area contributed by atoms with Gasteiger partial charge < -0.3 is 20.1 Å². The van der Waals surface area contributed by atoms with E-state index in [-0.39, 0.29) is 30.0 Å².